The molecule has 1 aromatic rings. The van der Waals surface area contributed by atoms with Gasteiger partial charge >= 0.3 is 0 Å². The topological polar surface area (TPSA) is 86.4 Å². The van der Waals surface area contributed by atoms with Gasteiger partial charge in [0, 0.05) is 6.20 Å². The van der Waals surface area contributed by atoms with Crippen LogP contribution in [0.25, 0.3) is 0 Å². The molecule has 100 valence electrons. The maximum atomic E-state index is 10.9. The highest BCUT2D eigenvalue weighted by Gasteiger charge is 2.40. The molecule has 0 saturated carbocycles. The number of nitrogens with one attached hydrogen (secondary N) is 3. The van der Waals surface area contributed by atoms with Crippen molar-refractivity contribution in [1.29, 1.82) is 0 Å². The van der Waals surface area contributed by atoms with Gasteiger partial charge in [0.2, 0.25) is 12.8 Å². The molecule has 2 amide bonds. The Morgan fingerprint density at radius 2 is 2.00 bits per heavy atom. The smallest absolute Gasteiger partial charge is 0.209 e. The SMILES string of the molecule is CC1(C)C=CC(C(NC=O)(NC=O)c2ccc[nH]2)=N1. The first-order valence-electron chi connectivity index (χ1n) is 5.90. The zero-order chi connectivity index (χ0) is 13.9. The second-order valence-corrected chi connectivity index (χ2v) is 4.84. The molecule has 6 heteroatoms. The van der Waals surface area contributed by atoms with Crippen LogP contribution in [0.5, 0.6) is 0 Å². The summed E-state index contributed by atoms with van der Waals surface area (Å²) < 4.78 is 0. The van der Waals surface area contributed by atoms with E-state index in [-0.39, 0.29) is 5.54 Å². The number of carbonyl (C=O) groups is 2. The maximum Gasteiger partial charge on any atom is 0.209 e. The first-order chi connectivity index (χ1) is 9.04. The summed E-state index contributed by atoms with van der Waals surface area (Å²) in [5.41, 5.74) is -0.327. The average molecular weight is 260 g/mol. The van der Waals surface area contributed by atoms with Gasteiger partial charge in [-0.3, -0.25) is 14.6 Å². The van der Waals surface area contributed by atoms with Gasteiger partial charge in [0.05, 0.1) is 16.9 Å². The molecule has 0 radical (unpaired) electrons. The van der Waals surface area contributed by atoms with Gasteiger partial charge < -0.3 is 15.6 Å². The van der Waals surface area contributed by atoms with E-state index in [1.54, 1.807) is 24.4 Å². The Morgan fingerprint density at radius 1 is 1.32 bits per heavy atom. The Labute approximate surface area is 111 Å². The van der Waals surface area contributed by atoms with Crippen molar-refractivity contribution in [3.8, 4) is 0 Å². The lowest BCUT2D eigenvalue weighted by atomic mass is 10.00. The lowest BCUT2D eigenvalue weighted by Gasteiger charge is -2.31. The van der Waals surface area contributed by atoms with E-state index in [0.717, 1.165) is 0 Å². The van der Waals surface area contributed by atoms with Crippen molar-refractivity contribution >= 4 is 18.5 Å². The number of aromatic nitrogens is 1. The van der Waals surface area contributed by atoms with Crippen molar-refractivity contribution in [2.24, 2.45) is 4.99 Å². The van der Waals surface area contributed by atoms with Crippen LogP contribution in [0, 0.1) is 0 Å². The molecular formula is C13H16N4O2. The van der Waals surface area contributed by atoms with E-state index in [9.17, 15) is 9.59 Å². The summed E-state index contributed by atoms with van der Waals surface area (Å²) in [6.45, 7) is 3.88. The van der Waals surface area contributed by atoms with Crippen LogP contribution in [0.3, 0.4) is 0 Å². The maximum absolute atomic E-state index is 10.9. The van der Waals surface area contributed by atoms with Gasteiger partial charge in [-0.15, -0.1) is 0 Å². The van der Waals surface area contributed by atoms with Crippen LogP contribution in [0.1, 0.15) is 19.5 Å². The molecule has 6 nitrogen and oxygen atoms in total. The molecule has 0 bridgehead atoms. The van der Waals surface area contributed by atoms with Crippen LogP contribution in [0.2, 0.25) is 0 Å². The molecular weight excluding hydrogens is 244 g/mol. The molecule has 0 spiro atoms. The van der Waals surface area contributed by atoms with E-state index < -0.39 is 5.66 Å². The molecule has 0 atom stereocenters. The van der Waals surface area contributed by atoms with Crippen LogP contribution in [-0.4, -0.2) is 29.1 Å². The second-order valence-electron chi connectivity index (χ2n) is 4.84. The van der Waals surface area contributed by atoms with Crippen molar-refractivity contribution < 1.29 is 9.59 Å². The number of aromatic amines is 1. The minimum absolute atomic E-state index is 0.359. The van der Waals surface area contributed by atoms with Crippen molar-refractivity contribution in [2.75, 3.05) is 0 Å². The Balaban J connectivity index is 2.53. The normalized spacial score (nSPS) is 16.8. The summed E-state index contributed by atoms with van der Waals surface area (Å²) >= 11 is 0. The fourth-order valence-electron chi connectivity index (χ4n) is 2.10. The van der Waals surface area contributed by atoms with Gasteiger partial charge in [0.1, 0.15) is 0 Å². The molecule has 1 aliphatic heterocycles. The fourth-order valence-corrected chi connectivity index (χ4v) is 2.10. The number of hydrogen-bond donors (Lipinski definition) is 3. The third-order valence-corrected chi connectivity index (χ3v) is 2.99. The Kier molecular flexibility index (Phi) is 3.25. The van der Waals surface area contributed by atoms with E-state index in [0.29, 0.717) is 24.2 Å². The predicted molar refractivity (Wildman–Crippen MR) is 71.5 cm³/mol. The molecule has 19 heavy (non-hydrogen) atoms. The van der Waals surface area contributed by atoms with Crippen LogP contribution < -0.4 is 10.6 Å². The number of carbonyl (C=O) groups excluding carboxylic acids is 2. The average Bonchev–Trinajstić information content (AvgIpc) is 2.98. The minimum Gasteiger partial charge on any atom is -0.361 e. The largest absolute Gasteiger partial charge is 0.361 e. The Bertz CT molecular complexity index is 519. The third-order valence-electron chi connectivity index (χ3n) is 2.99. The zero-order valence-corrected chi connectivity index (χ0v) is 10.8. The van der Waals surface area contributed by atoms with Crippen molar-refractivity contribution in [2.45, 2.75) is 25.0 Å². The van der Waals surface area contributed by atoms with E-state index in [2.05, 4.69) is 20.6 Å². The second kappa shape index (κ2) is 4.72. The number of rotatable bonds is 6. The predicted octanol–water partition coefficient (Wildman–Crippen LogP) is 0.449. The standard InChI is InChI=1S/C13H16N4O2/c1-12(2)6-5-11(17-12)13(15-8-18,16-9-19)10-4-3-7-14-10/h3-9,14H,1-2H3,(H,15,18)(H,16,19). The summed E-state index contributed by atoms with van der Waals surface area (Å²) in [6.07, 6.45) is 6.51. The monoisotopic (exact) mass is 260 g/mol. The van der Waals surface area contributed by atoms with E-state index in [1.165, 1.54) is 0 Å². The molecule has 0 unspecified atom stereocenters. The van der Waals surface area contributed by atoms with Gasteiger partial charge in [-0.1, -0.05) is 6.08 Å². The van der Waals surface area contributed by atoms with Crippen LogP contribution >= 0.6 is 0 Å². The highest BCUT2D eigenvalue weighted by molar-refractivity contribution is 6.06. The Hall–Kier alpha value is -2.37. The van der Waals surface area contributed by atoms with Crippen molar-refractivity contribution in [1.82, 2.24) is 15.6 Å². The summed E-state index contributed by atoms with van der Waals surface area (Å²) in [4.78, 5) is 29.4. The summed E-state index contributed by atoms with van der Waals surface area (Å²) in [5, 5.41) is 5.29. The van der Waals surface area contributed by atoms with Crippen molar-refractivity contribution in [3.63, 3.8) is 0 Å². The molecule has 0 aliphatic carbocycles. The van der Waals surface area contributed by atoms with Crippen LogP contribution in [-0.2, 0) is 15.3 Å². The zero-order valence-electron chi connectivity index (χ0n) is 10.8. The fraction of sp³-hybridized carbons (Fsp3) is 0.308. The lowest BCUT2D eigenvalue weighted by molar-refractivity contribution is -0.113. The number of H-pyrrole nitrogens is 1. The Morgan fingerprint density at radius 3 is 2.42 bits per heavy atom. The van der Waals surface area contributed by atoms with Crippen LogP contribution in [0.4, 0.5) is 0 Å². The van der Waals surface area contributed by atoms with E-state index in [4.69, 9.17) is 0 Å². The number of nitrogens with zero attached hydrogens (tertiary/aromatic N) is 1. The molecule has 0 fully saturated rings. The quantitative estimate of drug-likeness (QED) is 0.512. The highest BCUT2D eigenvalue weighted by Crippen LogP contribution is 2.26. The van der Waals surface area contributed by atoms with Gasteiger partial charge in [0.25, 0.3) is 0 Å². The molecule has 3 N–H and O–H groups in total. The molecule has 0 aromatic carbocycles. The van der Waals surface area contributed by atoms with Crippen molar-refractivity contribution in [3.05, 3.63) is 36.2 Å². The third kappa shape index (κ3) is 2.29. The van der Waals surface area contributed by atoms with Gasteiger partial charge in [0.15, 0.2) is 5.66 Å². The number of hydrogen-bond acceptors (Lipinski definition) is 3. The molecule has 0 saturated heterocycles. The first kappa shape index (κ1) is 13.1. The van der Waals surface area contributed by atoms with Crippen LogP contribution in [0.15, 0.2) is 35.5 Å². The number of amides is 2. The lowest BCUT2D eigenvalue weighted by Crippen LogP contribution is -2.58. The molecule has 2 heterocycles. The first-order valence-corrected chi connectivity index (χ1v) is 5.90. The summed E-state index contributed by atoms with van der Waals surface area (Å²) in [5.74, 6) is 0. The highest BCUT2D eigenvalue weighted by atomic mass is 16.1. The van der Waals surface area contributed by atoms with E-state index >= 15 is 0 Å². The summed E-state index contributed by atoms with van der Waals surface area (Å²) in [7, 11) is 0. The molecule has 2 rings (SSSR count). The van der Waals surface area contributed by atoms with E-state index in [1.807, 2.05) is 19.9 Å². The number of aliphatic imine (C=N–C) groups is 1. The van der Waals surface area contributed by atoms with Gasteiger partial charge in [-0.25, -0.2) is 0 Å². The molecule has 1 aromatic heterocycles. The summed E-state index contributed by atoms with van der Waals surface area (Å²) in [6, 6.07) is 3.56. The van der Waals surface area contributed by atoms with Gasteiger partial charge in [-0.05, 0) is 32.1 Å². The minimum atomic E-state index is -1.17. The van der Waals surface area contributed by atoms with Gasteiger partial charge in [-0.2, -0.15) is 0 Å². The molecule has 1 aliphatic rings.